The van der Waals surface area contributed by atoms with E-state index in [0.29, 0.717) is 16.7 Å². The Morgan fingerprint density at radius 2 is 2.04 bits per heavy atom. The number of hydrogen-bond acceptors (Lipinski definition) is 6. The number of fused-ring (bicyclic) bond motifs is 1. The molecule has 4 N–H and O–H groups in total. The number of nitrogens with two attached hydrogens (primary N) is 1. The number of nitrogens with zero attached hydrogens (tertiary/aromatic N) is 2. The number of hydrogen-bond donors (Lipinski definition) is 3. The van der Waals surface area contributed by atoms with Gasteiger partial charge >= 0.3 is 0 Å². The molecule has 4 rings (SSSR count). The Morgan fingerprint density at radius 1 is 1.29 bits per heavy atom. The monoisotopic (exact) mass is 437 g/mol. The van der Waals surface area contributed by atoms with Crippen molar-refractivity contribution in [1.82, 2.24) is 4.90 Å². The van der Waals surface area contributed by atoms with Crippen LogP contribution in [0.3, 0.4) is 0 Å². The average Bonchev–Trinajstić information content (AvgIpc) is 3.29. The molecule has 0 unspecified atom stereocenters. The zero-order chi connectivity index (χ0) is 19.8. The maximum Gasteiger partial charge on any atom is 0.221 e. The minimum atomic E-state index is -1.000. The maximum atomic E-state index is 12.0. The minimum absolute atomic E-state index is 0.158. The van der Waals surface area contributed by atoms with Crippen LogP contribution < -0.4 is 5.73 Å². The fourth-order valence-electron chi connectivity index (χ4n) is 3.76. The first-order chi connectivity index (χ1) is 13.4. The summed E-state index contributed by atoms with van der Waals surface area (Å²) in [6, 6.07) is 10.7. The van der Waals surface area contributed by atoms with Gasteiger partial charge in [-0.1, -0.05) is 29.4 Å². The predicted molar refractivity (Wildman–Crippen MR) is 113 cm³/mol. The van der Waals surface area contributed by atoms with E-state index in [1.165, 1.54) is 11.8 Å². The molecule has 1 aliphatic carbocycles. The van der Waals surface area contributed by atoms with Gasteiger partial charge < -0.3 is 20.8 Å². The number of rotatable bonds is 4. The number of thiophene rings is 1. The number of benzene rings is 1. The Balaban J connectivity index is 1.73. The minimum Gasteiger partial charge on any atom is -0.390 e. The van der Waals surface area contributed by atoms with Crippen LogP contribution in [0.1, 0.15) is 11.3 Å². The molecule has 148 valence electrons. The van der Waals surface area contributed by atoms with Crippen LogP contribution in [-0.4, -0.2) is 49.7 Å². The van der Waals surface area contributed by atoms with Crippen LogP contribution in [0.25, 0.3) is 0 Å². The lowest BCUT2D eigenvalue weighted by atomic mass is 9.80. The van der Waals surface area contributed by atoms with E-state index in [1.807, 2.05) is 34.5 Å². The van der Waals surface area contributed by atoms with Crippen LogP contribution in [0.5, 0.6) is 0 Å². The van der Waals surface area contributed by atoms with Crippen LogP contribution in [0, 0.1) is 5.92 Å². The molecule has 1 aliphatic heterocycles. The molecule has 2 aromatic rings. The normalized spacial score (nSPS) is 31.2. The Bertz CT molecular complexity index is 875. The molecular formula is C19H20ClN3O3S2. The van der Waals surface area contributed by atoms with E-state index in [0.717, 1.165) is 10.6 Å². The van der Waals surface area contributed by atoms with E-state index in [-0.39, 0.29) is 11.7 Å². The lowest BCUT2D eigenvalue weighted by molar-refractivity contribution is -0.128. The fourth-order valence-corrected chi connectivity index (χ4v) is 6.17. The fraction of sp³-hybridized carbons (Fsp3) is 0.368. The summed E-state index contributed by atoms with van der Waals surface area (Å²) in [5.41, 5.74) is 6.34. The number of aliphatic hydroxyl groups excluding tert-OH is 2. The van der Waals surface area contributed by atoms with Crippen molar-refractivity contribution in [3.05, 3.63) is 51.7 Å². The summed E-state index contributed by atoms with van der Waals surface area (Å²) >= 11 is 9.02. The predicted octanol–water partition coefficient (Wildman–Crippen LogP) is 2.60. The smallest absolute Gasteiger partial charge is 0.221 e. The van der Waals surface area contributed by atoms with E-state index in [1.54, 1.807) is 23.5 Å². The molecule has 1 saturated carbocycles. The van der Waals surface area contributed by atoms with Crippen LogP contribution in [0.4, 0.5) is 5.69 Å². The molecule has 0 bridgehead atoms. The highest BCUT2D eigenvalue weighted by Gasteiger charge is 2.54. The Morgan fingerprint density at radius 3 is 2.68 bits per heavy atom. The molecule has 1 amide bonds. The third kappa shape index (κ3) is 3.79. The topological polar surface area (TPSA) is 99.2 Å². The van der Waals surface area contributed by atoms with Gasteiger partial charge in [-0.15, -0.1) is 11.3 Å². The van der Waals surface area contributed by atoms with Crippen LogP contribution in [0.15, 0.2) is 46.8 Å². The van der Waals surface area contributed by atoms with Gasteiger partial charge in [-0.05, 0) is 42.1 Å². The SMILES string of the molecule is NC(=O)[C@H]1C[C@@H](O)[C@H](O)[C@H]2[C@@H]1SC(=Nc1ccc(Cl)cc1)N2Cc1cccs1. The second-order valence-corrected chi connectivity index (χ2v) is 9.57. The van der Waals surface area contributed by atoms with Crippen molar-refractivity contribution in [1.29, 1.82) is 0 Å². The standard InChI is InChI=1S/C19H20ClN3O3S2/c20-10-3-5-11(6-4-10)22-19-23(9-12-2-1-7-27-12)15-16(25)14(24)8-13(18(21)26)17(15)28-19/h1-7,13-17,24-25H,8-9H2,(H2,21,26)/t13-,14+,15-,16-,17+/m0/s1. The molecule has 9 heteroatoms. The van der Waals surface area contributed by atoms with Gasteiger partial charge in [-0.2, -0.15) is 0 Å². The van der Waals surface area contributed by atoms with Crippen molar-refractivity contribution >= 4 is 51.5 Å². The third-order valence-electron chi connectivity index (χ3n) is 5.14. The number of carbonyl (C=O) groups excluding carboxylic acids is 1. The van der Waals surface area contributed by atoms with Gasteiger partial charge in [-0.3, -0.25) is 4.79 Å². The molecule has 0 radical (unpaired) electrons. The van der Waals surface area contributed by atoms with E-state index in [4.69, 9.17) is 22.3 Å². The van der Waals surface area contributed by atoms with E-state index < -0.39 is 30.1 Å². The third-order valence-corrected chi connectivity index (χ3v) is 7.67. The van der Waals surface area contributed by atoms with Gasteiger partial charge in [0.25, 0.3) is 0 Å². The molecule has 1 aromatic carbocycles. The lowest BCUT2D eigenvalue weighted by Crippen LogP contribution is -2.58. The molecule has 5 atom stereocenters. The molecule has 2 fully saturated rings. The second kappa shape index (κ2) is 8.04. The summed E-state index contributed by atoms with van der Waals surface area (Å²) in [5, 5.41) is 24.1. The lowest BCUT2D eigenvalue weighted by Gasteiger charge is -2.41. The first-order valence-electron chi connectivity index (χ1n) is 8.89. The zero-order valence-corrected chi connectivity index (χ0v) is 17.2. The molecule has 2 aliphatic rings. The number of thioether (sulfide) groups is 1. The molecule has 28 heavy (non-hydrogen) atoms. The number of halogens is 1. The highest BCUT2D eigenvalue weighted by Crippen LogP contribution is 2.45. The van der Waals surface area contributed by atoms with Crippen LogP contribution in [0.2, 0.25) is 5.02 Å². The van der Waals surface area contributed by atoms with Gasteiger partial charge in [0.15, 0.2) is 5.17 Å². The first kappa shape index (κ1) is 19.7. The zero-order valence-electron chi connectivity index (χ0n) is 14.8. The molecule has 6 nitrogen and oxygen atoms in total. The van der Waals surface area contributed by atoms with Gasteiger partial charge in [-0.25, -0.2) is 4.99 Å². The summed E-state index contributed by atoms with van der Waals surface area (Å²) in [7, 11) is 0. The van der Waals surface area contributed by atoms with E-state index >= 15 is 0 Å². The van der Waals surface area contributed by atoms with E-state index in [9.17, 15) is 15.0 Å². The molecular weight excluding hydrogens is 418 g/mol. The molecule has 1 saturated heterocycles. The van der Waals surface area contributed by atoms with Crippen molar-refractivity contribution < 1.29 is 15.0 Å². The average molecular weight is 438 g/mol. The van der Waals surface area contributed by atoms with Crippen LogP contribution in [-0.2, 0) is 11.3 Å². The van der Waals surface area contributed by atoms with Crippen molar-refractivity contribution in [3.8, 4) is 0 Å². The summed E-state index contributed by atoms with van der Waals surface area (Å²) < 4.78 is 0. The Labute approximate surface area is 176 Å². The number of carbonyl (C=O) groups is 1. The number of amides is 1. The van der Waals surface area contributed by atoms with Gasteiger partial charge in [0.1, 0.15) is 6.10 Å². The van der Waals surface area contributed by atoms with Crippen LogP contribution >= 0.6 is 34.7 Å². The van der Waals surface area contributed by atoms with Gasteiger partial charge in [0.05, 0.1) is 30.3 Å². The molecule has 2 heterocycles. The van der Waals surface area contributed by atoms with Crippen molar-refractivity contribution in [2.75, 3.05) is 0 Å². The van der Waals surface area contributed by atoms with Gasteiger partial charge in [0.2, 0.25) is 5.91 Å². The molecule has 0 spiro atoms. The summed E-state index contributed by atoms with van der Waals surface area (Å²) in [5.74, 6) is -0.991. The van der Waals surface area contributed by atoms with Crippen molar-refractivity contribution in [2.24, 2.45) is 16.6 Å². The first-order valence-corrected chi connectivity index (χ1v) is 11.0. The summed E-state index contributed by atoms with van der Waals surface area (Å²) in [4.78, 5) is 19.9. The quantitative estimate of drug-likeness (QED) is 0.682. The number of aliphatic hydroxyl groups is 2. The summed E-state index contributed by atoms with van der Waals surface area (Å²) in [6.45, 7) is 0.535. The highest BCUT2D eigenvalue weighted by atomic mass is 35.5. The highest BCUT2D eigenvalue weighted by molar-refractivity contribution is 8.14. The Kier molecular flexibility index (Phi) is 5.66. The molecule has 1 aromatic heterocycles. The maximum absolute atomic E-state index is 12.0. The van der Waals surface area contributed by atoms with Crippen molar-refractivity contribution in [2.45, 2.75) is 36.5 Å². The van der Waals surface area contributed by atoms with E-state index in [2.05, 4.69) is 0 Å². The van der Waals surface area contributed by atoms with Gasteiger partial charge in [0, 0.05) is 15.1 Å². The van der Waals surface area contributed by atoms with Crippen molar-refractivity contribution in [3.63, 3.8) is 0 Å². The second-order valence-electron chi connectivity index (χ2n) is 6.95. The number of aliphatic imine (C=N–C) groups is 1. The number of primary amides is 1. The largest absolute Gasteiger partial charge is 0.390 e. The Hall–Kier alpha value is -1.58. The summed E-state index contributed by atoms with van der Waals surface area (Å²) in [6.07, 6.45) is -1.82. The number of amidine groups is 1.